The third kappa shape index (κ3) is 14.9. The van der Waals surface area contributed by atoms with E-state index in [1.165, 1.54) is 6.92 Å². The molecular weight excluding hydrogens is 356 g/mol. The number of rotatable bonds is 7. The smallest absolute Gasteiger partial charge is 0.335 e. The Hall–Kier alpha value is -2.36. The number of carbonyl (C=O) groups is 4. The van der Waals surface area contributed by atoms with Gasteiger partial charge >= 0.3 is 23.9 Å². The first kappa shape index (κ1) is 27.5. The van der Waals surface area contributed by atoms with Crippen molar-refractivity contribution in [3.8, 4) is 0 Å². The molecule has 0 aliphatic heterocycles. The van der Waals surface area contributed by atoms with Gasteiger partial charge in [-0.05, 0) is 6.92 Å². The second kappa shape index (κ2) is 14.0. The summed E-state index contributed by atoms with van der Waals surface area (Å²) in [6, 6.07) is 0. The van der Waals surface area contributed by atoms with Crippen molar-refractivity contribution in [1.29, 1.82) is 0 Å². The van der Waals surface area contributed by atoms with Crippen molar-refractivity contribution in [2.45, 2.75) is 37.4 Å². The molecule has 0 spiro atoms. The summed E-state index contributed by atoms with van der Waals surface area (Å²) in [5.74, 6) is -7.07. The minimum absolute atomic E-state index is 0.139. The Balaban J connectivity index is -0.000000308. The highest BCUT2D eigenvalue weighted by Gasteiger charge is 2.30. The quantitative estimate of drug-likeness (QED) is 0.199. The molecule has 5 atom stereocenters. The van der Waals surface area contributed by atoms with Gasteiger partial charge in [-0.2, -0.15) is 0 Å². The van der Waals surface area contributed by atoms with Crippen LogP contribution in [0.2, 0.25) is 0 Å². The fraction of sp³-hybridized carbons (Fsp3) is 0.636. The van der Waals surface area contributed by atoms with Crippen LogP contribution >= 0.6 is 0 Å². The lowest BCUT2D eigenvalue weighted by Gasteiger charge is -2.07. The maximum atomic E-state index is 9.77. The summed E-state index contributed by atoms with van der Waals surface area (Å²) in [5, 5.41) is 81.1. The molecule has 0 amide bonds. The molecule has 0 aromatic rings. The van der Waals surface area contributed by atoms with Gasteiger partial charge in [0, 0.05) is 0 Å². The standard InChI is InChI=1S/2C4H6O6.C3H8O2/c2*5-1(3(7)8)2(6)4(9)10;1-3(5)2-4/h2*1-2,5-6H,(H,7,8)(H,9,10);3-5H,2H2,1H3. The molecule has 25 heavy (non-hydrogen) atoms. The molecule has 148 valence electrons. The molecule has 0 heterocycles. The van der Waals surface area contributed by atoms with E-state index in [9.17, 15) is 19.2 Å². The first-order valence-electron chi connectivity index (χ1n) is 6.13. The first-order chi connectivity index (χ1) is 11.2. The zero-order chi connectivity index (χ0) is 20.9. The summed E-state index contributed by atoms with van der Waals surface area (Å²) < 4.78 is 0. The van der Waals surface area contributed by atoms with E-state index < -0.39 is 54.4 Å². The number of carboxylic acids is 4. The van der Waals surface area contributed by atoms with Crippen LogP contribution in [-0.4, -0.2) is 112 Å². The molecule has 10 N–H and O–H groups in total. The average Bonchev–Trinajstić information content (AvgIpc) is 2.52. The van der Waals surface area contributed by atoms with Crippen LogP contribution in [0.1, 0.15) is 6.92 Å². The number of aliphatic hydroxyl groups is 6. The van der Waals surface area contributed by atoms with Gasteiger partial charge in [0.1, 0.15) is 0 Å². The Morgan fingerprint density at radius 2 is 0.720 bits per heavy atom. The van der Waals surface area contributed by atoms with Crippen molar-refractivity contribution in [3.05, 3.63) is 0 Å². The van der Waals surface area contributed by atoms with E-state index in [1.54, 1.807) is 0 Å². The van der Waals surface area contributed by atoms with Crippen LogP contribution in [0.15, 0.2) is 0 Å². The molecule has 0 saturated heterocycles. The molecule has 0 saturated carbocycles. The summed E-state index contributed by atoms with van der Waals surface area (Å²) in [6.07, 6.45) is -9.63. The molecule has 5 unspecified atom stereocenters. The van der Waals surface area contributed by atoms with E-state index >= 15 is 0 Å². The van der Waals surface area contributed by atoms with E-state index in [-0.39, 0.29) is 6.61 Å². The normalized spacial score (nSPS) is 15.6. The van der Waals surface area contributed by atoms with E-state index in [2.05, 4.69) is 0 Å². The monoisotopic (exact) mass is 376 g/mol. The SMILES string of the molecule is CC(O)CO.O=C(O)C(O)C(O)C(=O)O.O=C(O)C(O)C(O)C(=O)O. The lowest BCUT2D eigenvalue weighted by molar-refractivity contribution is -0.165. The Morgan fingerprint density at radius 3 is 0.760 bits per heavy atom. The molecule has 14 heteroatoms. The van der Waals surface area contributed by atoms with Crippen LogP contribution < -0.4 is 0 Å². The number of aliphatic carboxylic acids is 4. The maximum Gasteiger partial charge on any atom is 0.335 e. The fourth-order valence-corrected chi connectivity index (χ4v) is 0.540. The Bertz CT molecular complexity index is 360. The topological polar surface area (TPSA) is 271 Å². The summed E-state index contributed by atoms with van der Waals surface area (Å²) in [6.45, 7) is 1.39. The second-order valence-corrected chi connectivity index (χ2v) is 4.16. The van der Waals surface area contributed by atoms with Gasteiger partial charge in [-0.25, -0.2) is 19.2 Å². The van der Waals surface area contributed by atoms with Crippen molar-refractivity contribution in [2.75, 3.05) is 6.61 Å². The molecular formula is C11H20O14. The minimum atomic E-state index is -2.27. The zero-order valence-electron chi connectivity index (χ0n) is 12.7. The van der Waals surface area contributed by atoms with Gasteiger partial charge in [0.2, 0.25) is 0 Å². The molecule has 0 aliphatic carbocycles. The Morgan fingerprint density at radius 1 is 0.600 bits per heavy atom. The number of hydrogen-bond acceptors (Lipinski definition) is 10. The highest BCUT2D eigenvalue weighted by molar-refractivity contribution is 5.83. The van der Waals surface area contributed by atoms with E-state index in [1.807, 2.05) is 0 Å². The molecule has 0 radical (unpaired) electrons. The summed E-state index contributed by atoms with van der Waals surface area (Å²) >= 11 is 0. The summed E-state index contributed by atoms with van der Waals surface area (Å²) in [4.78, 5) is 39.1. The summed E-state index contributed by atoms with van der Waals surface area (Å²) in [7, 11) is 0. The predicted molar refractivity (Wildman–Crippen MR) is 73.3 cm³/mol. The van der Waals surface area contributed by atoms with Gasteiger partial charge in [0.15, 0.2) is 24.4 Å². The van der Waals surface area contributed by atoms with Crippen molar-refractivity contribution < 1.29 is 70.2 Å². The van der Waals surface area contributed by atoms with Crippen molar-refractivity contribution in [1.82, 2.24) is 0 Å². The highest BCUT2D eigenvalue weighted by atomic mass is 16.4. The van der Waals surface area contributed by atoms with Crippen LogP contribution in [0.5, 0.6) is 0 Å². The van der Waals surface area contributed by atoms with Crippen molar-refractivity contribution in [3.63, 3.8) is 0 Å². The summed E-state index contributed by atoms with van der Waals surface area (Å²) in [5.41, 5.74) is 0. The van der Waals surface area contributed by atoms with Gasteiger partial charge in [-0.3, -0.25) is 0 Å². The number of hydrogen-bond donors (Lipinski definition) is 10. The lowest BCUT2D eigenvalue weighted by atomic mass is 10.2. The van der Waals surface area contributed by atoms with Crippen LogP contribution in [0.25, 0.3) is 0 Å². The number of carboxylic acid groups (broad SMARTS) is 4. The predicted octanol–water partition coefficient (Wildman–Crippen LogP) is -4.89. The third-order valence-electron chi connectivity index (χ3n) is 1.87. The molecule has 0 aliphatic rings. The van der Waals surface area contributed by atoms with E-state index in [4.69, 9.17) is 51.1 Å². The zero-order valence-corrected chi connectivity index (χ0v) is 12.7. The third-order valence-corrected chi connectivity index (χ3v) is 1.87. The molecule has 0 aromatic heterocycles. The molecule has 0 rings (SSSR count). The van der Waals surface area contributed by atoms with Gasteiger partial charge in [0.05, 0.1) is 12.7 Å². The average molecular weight is 376 g/mol. The van der Waals surface area contributed by atoms with Crippen molar-refractivity contribution >= 4 is 23.9 Å². The van der Waals surface area contributed by atoms with Gasteiger partial charge in [-0.1, -0.05) is 0 Å². The van der Waals surface area contributed by atoms with Crippen LogP contribution in [-0.2, 0) is 19.2 Å². The minimum Gasteiger partial charge on any atom is -0.479 e. The van der Waals surface area contributed by atoms with Crippen LogP contribution in [0.3, 0.4) is 0 Å². The second-order valence-electron chi connectivity index (χ2n) is 4.16. The van der Waals surface area contributed by atoms with E-state index in [0.29, 0.717) is 0 Å². The highest BCUT2D eigenvalue weighted by Crippen LogP contribution is 1.93. The Labute approximate surface area is 139 Å². The molecule has 0 aromatic carbocycles. The maximum absolute atomic E-state index is 9.77. The molecule has 14 nitrogen and oxygen atoms in total. The van der Waals surface area contributed by atoms with Crippen LogP contribution in [0, 0.1) is 0 Å². The Kier molecular flexibility index (Phi) is 15.4. The fourth-order valence-electron chi connectivity index (χ4n) is 0.540. The van der Waals surface area contributed by atoms with Gasteiger partial charge in [-0.15, -0.1) is 0 Å². The van der Waals surface area contributed by atoms with E-state index in [0.717, 1.165) is 0 Å². The lowest BCUT2D eigenvalue weighted by Crippen LogP contribution is -2.39. The number of aliphatic hydroxyl groups excluding tert-OH is 6. The van der Waals surface area contributed by atoms with Gasteiger partial charge in [0.25, 0.3) is 0 Å². The molecule has 0 fully saturated rings. The largest absolute Gasteiger partial charge is 0.479 e. The van der Waals surface area contributed by atoms with Crippen LogP contribution in [0.4, 0.5) is 0 Å². The van der Waals surface area contributed by atoms with Gasteiger partial charge < -0.3 is 51.1 Å². The van der Waals surface area contributed by atoms with Crippen molar-refractivity contribution in [2.24, 2.45) is 0 Å². The first-order valence-corrected chi connectivity index (χ1v) is 6.13. The molecule has 0 bridgehead atoms.